The fraction of sp³-hybridized carbons (Fsp3) is 0.500. The van der Waals surface area contributed by atoms with E-state index in [0.717, 1.165) is 30.8 Å². The average Bonchev–Trinajstić information content (AvgIpc) is 2.92. The highest BCUT2D eigenvalue weighted by atomic mass is 16.5. The molecule has 4 nitrogen and oxygen atoms in total. The third-order valence-corrected chi connectivity index (χ3v) is 3.36. The number of nitrogens with zero attached hydrogens (tertiary/aromatic N) is 1. The smallest absolute Gasteiger partial charge is 0.227 e. The van der Waals surface area contributed by atoms with Crippen molar-refractivity contribution < 1.29 is 9.53 Å². The maximum absolute atomic E-state index is 12.1. The Balaban J connectivity index is 1.92. The van der Waals surface area contributed by atoms with Crippen LogP contribution in [0.5, 0.6) is 5.75 Å². The number of rotatable bonds is 4. The Morgan fingerprint density at radius 3 is 2.72 bits per heavy atom. The van der Waals surface area contributed by atoms with Crippen LogP contribution in [0.4, 0.5) is 0 Å². The summed E-state index contributed by atoms with van der Waals surface area (Å²) in [7, 11) is 3.52. The van der Waals surface area contributed by atoms with Crippen LogP contribution in [0.2, 0.25) is 0 Å². The van der Waals surface area contributed by atoms with Crippen LogP contribution in [0.15, 0.2) is 24.3 Å². The molecule has 0 radical (unpaired) electrons. The summed E-state index contributed by atoms with van der Waals surface area (Å²) in [5.74, 6) is 1.22. The molecule has 1 aliphatic heterocycles. The van der Waals surface area contributed by atoms with E-state index in [1.54, 1.807) is 12.0 Å². The number of amides is 1. The molecule has 98 valence electrons. The molecular weight excluding hydrogens is 228 g/mol. The summed E-state index contributed by atoms with van der Waals surface area (Å²) >= 11 is 0. The van der Waals surface area contributed by atoms with Crippen LogP contribution < -0.4 is 10.1 Å². The molecule has 0 aliphatic carbocycles. The lowest BCUT2D eigenvalue weighted by molar-refractivity contribution is -0.134. The first-order valence-corrected chi connectivity index (χ1v) is 6.29. The molecule has 0 aromatic heterocycles. The number of benzene rings is 1. The Hall–Kier alpha value is -1.55. The monoisotopic (exact) mass is 248 g/mol. The fourth-order valence-electron chi connectivity index (χ4n) is 2.26. The predicted octanol–water partition coefficient (Wildman–Crippen LogP) is 1.26. The zero-order valence-electron chi connectivity index (χ0n) is 11.0. The molecule has 0 bridgehead atoms. The van der Waals surface area contributed by atoms with Crippen LogP contribution in [0.3, 0.4) is 0 Å². The lowest BCUT2D eigenvalue weighted by Gasteiger charge is -2.20. The molecule has 1 aromatic carbocycles. The predicted molar refractivity (Wildman–Crippen MR) is 70.4 cm³/mol. The second kappa shape index (κ2) is 5.87. The van der Waals surface area contributed by atoms with E-state index in [2.05, 4.69) is 5.32 Å². The van der Waals surface area contributed by atoms with Crippen LogP contribution in [-0.4, -0.2) is 38.1 Å². The molecule has 1 aliphatic rings. The summed E-state index contributed by atoms with van der Waals surface area (Å²) in [4.78, 5) is 13.9. The number of hydrogen-bond donors (Lipinski definition) is 1. The summed E-state index contributed by atoms with van der Waals surface area (Å²) < 4.78 is 5.11. The Morgan fingerprint density at radius 1 is 1.44 bits per heavy atom. The maximum atomic E-state index is 12.1. The van der Waals surface area contributed by atoms with Gasteiger partial charge in [-0.05, 0) is 30.7 Å². The molecule has 1 atom stereocenters. The van der Waals surface area contributed by atoms with Gasteiger partial charge in [0.05, 0.1) is 13.0 Å². The van der Waals surface area contributed by atoms with E-state index in [4.69, 9.17) is 4.74 Å². The SMILES string of the molecule is COc1ccc(CN(C)C(=O)C2CCNC2)cc1. The Bertz CT molecular complexity index is 397. The number of carbonyl (C=O) groups is 1. The molecule has 1 N–H and O–H groups in total. The molecular formula is C14H20N2O2. The third-order valence-electron chi connectivity index (χ3n) is 3.36. The fourth-order valence-corrected chi connectivity index (χ4v) is 2.26. The summed E-state index contributed by atoms with van der Waals surface area (Å²) in [6.45, 7) is 2.41. The van der Waals surface area contributed by atoms with Crippen LogP contribution in [-0.2, 0) is 11.3 Å². The number of ether oxygens (including phenoxy) is 1. The molecule has 18 heavy (non-hydrogen) atoms. The van der Waals surface area contributed by atoms with Crippen molar-refractivity contribution in [2.24, 2.45) is 5.92 Å². The largest absolute Gasteiger partial charge is 0.497 e. The molecule has 0 spiro atoms. The van der Waals surface area contributed by atoms with Gasteiger partial charge in [0.1, 0.15) is 5.75 Å². The number of carbonyl (C=O) groups excluding carboxylic acids is 1. The van der Waals surface area contributed by atoms with Crippen molar-refractivity contribution in [2.45, 2.75) is 13.0 Å². The number of nitrogens with one attached hydrogen (secondary N) is 1. The minimum atomic E-state index is 0.147. The van der Waals surface area contributed by atoms with Gasteiger partial charge in [0, 0.05) is 20.1 Å². The average molecular weight is 248 g/mol. The van der Waals surface area contributed by atoms with Gasteiger partial charge in [-0.15, -0.1) is 0 Å². The minimum Gasteiger partial charge on any atom is -0.497 e. The molecule has 0 saturated carbocycles. The normalized spacial score (nSPS) is 18.7. The second-order valence-electron chi connectivity index (χ2n) is 4.73. The number of methoxy groups -OCH3 is 1. The minimum absolute atomic E-state index is 0.147. The zero-order valence-corrected chi connectivity index (χ0v) is 11.0. The van der Waals surface area contributed by atoms with Crippen molar-refractivity contribution in [1.29, 1.82) is 0 Å². The lowest BCUT2D eigenvalue weighted by Crippen LogP contribution is -2.33. The van der Waals surface area contributed by atoms with Crippen molar-refractivity contribution in [3.05, 3.63) is 29.8 Å². The van der Waals surface area contributed by atoms with Crippen molar-refractivity contribution in [1.82, 2.24) is 10.2 Å². The second-order valence-corrected chi connectivity index (χ2v) is 4.73. The van der Waals surface area contributed by atoms with Crippen LogP contribution in [0.25, 0.3) is 0 Å². The lowest BCUT2D eigenvalue weighted by atomic mass is 10.1. The molecule has 1 heterocycles. The zero-order chi connectivity index (χ0) is 13.0. The first-order chi connectivity index (χ1) is 8.70. The molecule has 2 rings (SSSR count). The molecule has 1 aromatic rings. The molecule has 1 amide bonds. The van der Waals surface area contributed by atoms with Gasteiger partial charge in [-0.2, -0.15) is 0 Å². The van der Waals surface area contributed by atoms with E-state index in [1.807, 2.05) is 31.3 Å². The van der Waals surface area contributed by atoms with Gasteiger partial charge >= 0.3 is 0 Å². The first kappa shape index (κ1) is 12.9. The van der Waals surface area contributed by atoms with E-state index >= 15 is 0 Å². The summed E-state index contributed by atoms with van der Waals surface area (Å²) in [6.07, 6.45) is 0.950. The van der Waals surface area contributed by atoms with Crippen LogP contribution in [0.1, 0.15) is 12.0 Å². The van der Waals surface area contributed by atoms with E-state index in [9.17, 15) is 4.79 Å². The molecule has 1 unspecified atom stereocenters. The molecule has 1 fully saturated rings. The van der Waals surface area contributed by atoms with Gasteiger partial charge in [-0.1, -0.05) is 12.1 Å². The highest BCUT2D eigenvalue weighted by Gasteiger charge is 2.25. The van der Waals surface area contributed by atoms with E-state index < -0.39 is 0 Å². The molecule has 4 heteroatoms. The third kappa shape index (κ3) is 3.01. The molecule has 1 saturated heterocycles. The van der Waals surface area contributed by atoms with Gasteiger partial charge < -0.3 is 15.0 Å². The highest BCUT2D eigenvalue weighted by molar-refractivity contribution is 5.79. The van der Waals surface area contributed by atoms with Gasteiger partial charge in [-0.25, -0.2) is 0 Å². The summed E-state index contributed by atoms with van der Waals surface area (Å²) in [6, 6.07) is 7.83. The van der Waals surface area contributed by atoms with Gasteiger partial charge in [0.2, 0.25) is 5.91 Å². The number of hydrogen-bond acceptors (Lipinski definition) is 3. The van der Waals surface area contributed by atoms with Crippen LogP contribution >= 0.6 is 0 Å². The topological polar surface area (TPSA) is 41.6 Å². The van der Waals surface area contributed by atoms with E-state index in [0.29, 0.717) is 6.54 Å². The van der Waals surface area contributed by atoms with Crippen molar-refractivity contribution >= 4 is 5.91 Å². The highest BCUT2D eigenvalue weighted by Crippen LogP contribution is 2.15. The summed E-state index contributed by atoms with van der Waals surface area (Å²) in [5, 5.41) is 3.22. The maximum Gasteiger partial charge on any atom is 0.227 e. The van der Waals surface area contributed by atoms with Gasteiger partial charge in [-0.3, -0.25) is 4.79 Å². The standard InChI is InChI=1S/C14H20N2O2/c1-16(14(17)12-7-8-15-9-12)10-11-3-5-13(18-2)6-4-11/h3-6,12,15H,7-10H2,1-2H3. The first-order valence-electron chi connectivity index (χ1n) is 6.29. The van der Waals surface area contributed by atoms with Crippen molar-refractivity contribution in [3.8, 4) is 5.75 Å². The van der Waals surface area contributed by atoms with Gasteiger partial charge in [0.25, 0.3) is 0 Å². The van der Waals surface area contributed by atoms with Crippen molar-refractivity contribution in [3.63, 3.8) is 0 Å². The van der Waals surface area contributed by atoms with Crippen LogP contribution in [0, 0.1) is 5.92 Å². The summed E-state index contributed by atoms with van der Waals surface area (Å²) in [5.41, 5.74) is 1.12. The van der Waals surface area contributed by atoms with E-state index in [-0.39, 0.29) is 11.8 Å². The Labute approximate surface area is 108 Å². The van der Waals surface area contributed by atoms with E-state index in [1.165, 1.54) is 0 Å². The Kier molecular flexibility index (Phi) is 4.20. The van der Waals surface area contributed by atoms with Crippen molar-refractivity contribution in [2.75, 3.05) is 27.2 Å². The quantitative estimate of drug-likeness (QED) is 0.872. The Morgan fingerprint density at radius 2 is 2.17 bits per heavy atom. The van der Waals surface area contributed by atoms with Gasteiger partial charge in [0.15, 0.2) is 0 Å².